The molecule has 2 aliphatic rings. The summed E-state index contributed by atoms with van der Waals surface area (Å²) in [6.45, 7) is 0. The summed E-state index contributed by atoms with van der Waals surface area (Å²) in [4.78, 5) is 11.2. The minimum absolute atomic E-state index is 0.0300. The molecule has 1 aliphatic carbocycles. The molecule has 2 fully saturated rings. The van der Waals surface area contributed by atoms with Gasteiger partial charge in [-0.05, 0) is 0 Å². The Labute approximate surface area is 106 Å². The van der Waals surface area contributed by atoms with Gasteiger partial charge in [0.15, 0.2) is 0 Å². The van der Waals surface area contributed by atoms with Gasteiger partial charge in [-0.3, -0.25) is 0 Å². The van der Waals surface area contributed by atoms with Crippen molar-refractivity contribution in [1.82, 2.24) is 0 Å². The van der Waals surface area contributed by atoms with Crippen LogP contribution in [-0.4, -0.2) is 30.1 Å². The summed E-state index contributed by atoms with van der Waals surface area (Å²) in [5, 5.41) is 19.5. The molecule has 0 aromatic carbocycles. The van der Waals surface area contributed by atoms with E-state index in [0.29, 0.717) is 12.3 Å². The second-order valence-electron chi connectivity index (χ2n) is 4.60. The quantitative estimate of drug-likeness (QED) is 0.267. The molecule has 0 bridgehead atoms. The van der Waals surface area contributed by atoms with Crippen molar-refractivity contribution in [1.29, 1.82) is 0 Å². The Bertz CT molecular complexity index is 284. The van der Waals surface area contributed by atoms with E-state index < -0.39 is 27.3 Å². The number of aliphatic hydroxyl groups excluding tert-OH is 2. The summed E-state index contributed by atoms with van der Waals surface area (Å²) >= 11 is -0.559. The first-order valence-corrected chi connectivity index (χ1v) is 8.20. The van der Waals surface area contributed by atoms with E-state index in [4.69, 9.17) is 0 Å². The molecule has 0 unspecified atom stereocenters. The van der Waals surface area contributed by atoms with Crippen molar-refractivity contribution in [3.8, 4) is 0 Å². The molecular formula is C12H18IO3-. The van der Waals surface area contributed by atoms with Crippen LogP contribution in [0.3, 0.4) is 0 Å². The number of halogens is 1. The fourth-order valence-electron chi connectivity index (χ4n) is 2.38. The maximum atomic E-state index is 11.2. The molecule has 1 saturated heterocycles. The van der Waals surface area contributed by atoms with E-state index in [0.717, 1.165) is 12.8 Å². The Balaban J connectivity index is 1.85. The van der Waals surface area contributed by atoms with Gasteiger partial charge in [-0.25, -0.2) is 0 Å². The minimum atomic E-state index is -0.559. The number of carbonyl (C=O) groups is 1. The molecule has 3 nitrogen and oxygen atoms in total. The van der Waals surface area contributed by atoms with Crippen LogP contribution >= 0.6 is 0 Å². The SMILES string of the molecule is O=C1C[C@@H](O)[C@H](/C=C/[C@@H](O)C2CCCC2)[I-]1. The Morgan fingerprint density at radius 3 is 2.62 bits per heavy atom. The molecule has 92 valence electrons. The number of hydrogen-bond donors (Lipinski definition) is 2. The van der Waals surface area contributed by atoms with Crippen LogP contribution in [0.4, 0.5) is 0 Å². The number of alkyl halides is 1. The molecule has 0 aromatic rings. The van der Waals surface area contributed by atoms with Crippen molar-refractivity contribution in [2.75, 3.05) is 0 Å². The summed E-state index contributed by atoms with van der Waals surface area (Å²) in [7, 11) is 0. The average Bonchev–Trinajstić information content (AvgIpc) is 2.84. The van der Waals surface area contributed by atoms with Gasteiger partial charge >= 0.3 is 106 Å². The van der Waals surface area contributed by atoms with Crippen LogP contribution < -0.4 is 21.2 Å². The van der Waals surface area contributed by atoms with E-state index in [1.807, 2.05) is 12.2 Å². The first kappa shape index (κ1) is 12.5. The number of carbonyl (C=O) groups excluding carboxylic acids is 1. The van der Waals surface area contributed by atoms with Crippen LogP contribution in [0.1, 0.15) is 32.1 Å². The fourth-order valence-corrected chi connectivity index (χ4v) is 5.00. The topological polar surface area (TPSA) is 57.5 Å². The molecular weight excluding hydrogens is 319 g/mol. The fraction of sp³-hybridized carbons (Fsp3) is 0.750. The van der Waals surface area contributed by atoms with Crippen LogP contribution in [0, 0.1) is 5.92 Å². The van der Waals surface area contributed by atoms with Crippen LogP contribution in [0.2, 0.25) is 0 Å². The third-order valence-corrected chi connectivity index (χ3v) is 6.46. The predicted octanol–water partition coefficient (Wildman–Crippen LogP) is -2.16. The van der Waals surface area contributed by atoms with Gasteiger partial charge in [0.25, 0.3) is 0 Å². The number of aliphatic hydroxyl groups is 2. The second kappa shape index (κ2) is 5.60. The Morgan fingerprint density at radius 2 is 2.06 bits per heavy atom. The van der Waals surface area contributed by atoms with Gasteiger partial charge in [-0.2, -0.15) is 0 Å². The summed E-state index contributed by atoms with van der Waals surface area (Å²) in [6, 6.07) is 0. The van der Waals surface area contributed by atoms with Gasteiger partial charge in [0.05, 0.1) is 0 Å². The Morgan fingerprint density at radius 1 is 1.38 bits per heavy atom. The van der Waals surface area contributed by atoms with Crippen molar-refractivity contribution in [3.63, 3.8) is 0 Å². The van der Waals surface area contributed by atoms with Crippen LogP contribution in [0.25, 0.3) is 0 Å². The zero-order valence-corrected chi connectivity index (χ0v) is 11.3. The van der Waals surface area contributed by atoms with Gasteiger partial charge < -0.3 is 0 Å². The van der Waals surface area contributed by atoms with E-state index in [1.54, 1.807) is 0 Å². The first-order valence-electron chi connectivity index (χ1n) is 5.87. The van der Waals surface area contributed by atoms with Crippen molar-refractivity contribution < 1.29 is 36.2 Å². The molecule has 0 radical (unpaired) electrons. The van der Waals surface area contributed by atoms with Crippen LogP contribution in [-0.2, 0) is 4.79 Å². The summed E-state index contributed by atoms with van der Waals surface area (Å²) < 4.78 is 0.263. The zero-order valence-electron chi connectivity index (χ0n) is 9.18. The van der Waals surface area contributed by atoms with Crippen molar-refractivity contribution in [2.45, 2.75) is 48.2 Å². The standard InChI is InChI=1S/C12H18IO3/c14-10(8-3-1-2-4-8)6-5-9-11(15)7-12(16)13-9/h5-6,8-11,14-15H,1-4,7H2/q-1/b6-5+/t9-,10+,11+/m0/s1. The number of hydrogen-bond acceptors (Lipinski definition) is 3. The summed E-state index contributed by atoms with van der Waals surface area (Å²) in [5.74, 6) is 0.392. The van der Waals surface area contributed by atoms with E-state index in [2.05, 4.69) is 0 Å². The molecule has 1 heterocycles. The van der Waals surface area contributed by atoms with Gasteiger partial charge in [0.1, 0.15) is 0 Å². The molecule has 0 spiro atoms. The normalized spacial score (nSPS) is 34.5. The van der Waals surface area contributed by atoms with E-state index >= 15 is 0 Å². The maximum absolute atomic E-state index is 11.2. The van der Waals surface area contributed by atoms with Crippen molar-refractivity contribution in [2.24, 2.45) is 5.92 Å². The molecule has 16 heavy (non-hydrogen) atoms. The van der Waals surface area contributed by atoms with Gasteiger partial charge in [0.2, 0.25) is 0 Å². The molecule has 2 rings (SSSR count). The second-order valence-corrected chi connectivity index (χ2v) is 7.86. The van der Waals surface area contributed by atoms with Crippen LogP contribution in [0.5, 0.6) is 0 Å². The van der Waals surface area contributed by atoms with Gasteiger partial charge in [-0.1, -0.05) is 0 Å². The molecule has 2 N–H and O–H groups in total. The monoisotopic (exact) mass is 337 g/mol. The molecule has 4 heteroatoms. The summed E-state index contributed by atoms with van der Waals surface area (Å²) in [6.07, 6.45) is 7.77. The average molecular weight is 337 g/mol. The molecule has 0 amide bonds. The van der Waals surface area contributed by atoms with Gasteiger partial charge in [0, 0.05) is 0 Å². The third kappa shape index (κ3) is 3.05. The van der Waals surface area contributed by atoms with Gasteiger partial charge in [-0.15, -0.1) is 0 Å². The molecule has 1 saturated carbocycles. The molecule has 1 aliphatic heterocycles. The summed E-state index contributed by atoms with van der Waals surface area (Å²) in [5.41, 5.74) is 0. The van der Waals surface area contributed by atoms with Crippen LogP contribution in [0.15, 0.2) is 12.2 Å². The van der Waals surface area contributed by atoms with E-state index in [9.17, 15) is 15.0 Å². The van der Waals surface area contributed by atoms with Crippen molar-refractivity contribution in [3.05, 3.63) is 12.2 Å². The predicted molar refractivity (Wildman–Crippen MR) is 56.5 cm³/mol. The van der Waals surface area contributed by atoms with E-state index in [1.165, 1.54) is 12.8 Å². The van der Waals surface area contributed by atoms with E-state index in [-0.39, 0.29) is 13.8 Å². The molecule has 3 atom stereocenters. The first-order chi connectivity index (χ1) is 7.66. The third-order valence-electron chi connectivity index (χ3n) is 3.36. The zero-order chi connectivity index (χ0) is 11.5. The Kier molecular flexibility index (Phi) is 4.38. The number of rotatable bonds is 3. The molecule has 0 aromatic heterocycles. The Hall–Kier alpha value is 0.0600. The van der Waals surface area contributed by atoms with Crippen molar-refractivity contribution >= 4 is 3.79 Å².